The van der Waals surface area contributed by atoms with E-state index < -0.39 is 0 Å². The highest BCUT2D eigenvalue weighted by Gasteiger charge is 2.37. The molecule has 110 valence electrons. The number of urea groups is 1. The van der Waals surface area contributed by atoms with Gasteiger partial charge in [-0.3, -0.25) is 0 Å². The summed E-state index contributed by atoms with van der Waals surface area (Å²) in [6.07, 6.45) is 6.23. The van der Waals surface area contributed by atoms with Gasteiger partial charge in [-0.15, -0.1) is 11.3 Å². The van der Waals surface area contributed by atoms with Gasteiger partial charge in [0.15, 0.2) is 0 Å². The number of likely N-dealkylation sites (tertiary alicyclic amines) is 1. The largest absolute Gasteiger partial charge is 0.322 e. The van der Waals surface area contributed by atoms with Crippen molar-refractivity contribution in [1.82, 2.24) is 9.88 Å². The van der Waals surface area contributed by atoms with E-state index in [0.29, 0.717) is 6.04 Å². The molecule has 5 heteroatoms. The molecule has 2 aliphatic rings. The molecule has 1 aromatic heterocycles. The van der Waals surface area contributed by atoms with Crippen LogP contribution in [0.25, 0.3) is 10.2 Å². The second kappa shape index (κ2) is 5.30. The Morgan fingerprint density at radius 1 is 1.29 bits per heavy atom. The van der Waals surface area contributed by atoms with Crippen molar-refractivity contribution in [2.24, 2.45) is 5.92 Å². The predicted molar refractivity (Wildman–Crippen MR) is 85.7 cm³/mol. The number of nitrogens with one attached hydrogen (secondary N) is 1. The van der Waals surface area contributed by atoms with Gasteiger partial charge in [0.1, 0.15) is 0 Å². The van der Waals surface area contributed by atoms with Crippen molar-refractivity contribution in [2.75, 3.05) is 11.9 Å². The number of aromatic nitrogens is 1. The van der Waals surface area contributed by atoms with Crippen molar-refractivity contribution in [1.29, 1.82) is 0 Å². The van der Waals surface area contributed by atoms with Crippen molar-refractivity contribution in [3.8, 4) is 0 Å². The first-order chi connectivity index (χ1) is 10.3. The minimum atomic E-state index is 0.0632. The Hall–Kier alpha value is -1.62. The lowest BCUT2D eigenvalue weighted by atomic mass is 9.79. The van der Waals surface area contributed by atoms with E-state index in [1.54, 1.807) is 11.3 Å². The van der Waals surface area contributed by atoms with Gasteiger partial charge >= 0.3 is 6.03 Å². The van der Waals surface area contributed by atoms with Crippen LogP contribution in [0.5, 0.6) is 0 Å². The topological polar surface area (TPSA) is 45.2 Å². The molecular weight excluding hydrogens is 282 g/mol. The highest BCUT2D eigenvalue weighted by molar-refractivity contribution is 7.16. The molecule has 2 fully saturated rings. The van der Waals surface area contributed by atoms with Crippen LogP contribution in [0.2, 0.25) is 0 Å². The van der Waals surface area contributed by atoms with Crippen LogP contribution in [0.4, 0.5) is 10.5 Å². The fourth-order valence-electron chi connectivity index (χ4n) is 3.49. The average molecular weight is 301 g/mol. The van der Waals surface area contributed by atoms with Gasteiger partial charge < -0.3 is 10.2 Å². The summed E-state index contributed by atoms with van der Waals surface area (Å²) in [5.41, 5.74) is 3.70. The van der Waals surface area contributed by atoms with Crippen LogP contribution in [-0.2, 0) is 0 Å². The van der Waals surface area contributed by atoms with Gasteiger partial charge in [-0.2, -0.15) is 0 Å². The van der Waals surface area contributed by atoms with Gasteiger partial charge in [-0.1, -0.05) is 6.42 Å². The van der Waals surface area contributed by atoms with E-state index in [4.69, 9.17) is 0 Å². The van der Waals surface area contributed by atoms with Crippen LogP contribution in [0, 0.1) is 5.92 Å². The number of carbonyl (C=O) groups excluding carboxylic acids is 1. The molecule has 21 heavy (non-hydrogen) atoms. The number of hydrogen-bond acceptors (Lipinski definition) is 3. The van der Waals surface area contributed by atoms with E-state index in [0.717, 1.165) is 34.8 Å². The summed E-state index contributed by atoms with van der Waals surface area (Å²) < 4.78 is 1.12. The second-order valence-corrected chi connectivity index (χ2v) is 6.95. The maximum atomic E-state index is 12.5. The molecule has 0 radical (unpaired) electrons. The van der Waals surface area contributed by atoms with E-state index in [1.165, 1.54) is 25.7 Å². The van der Waals surface area contributed by atoms with Gasteiger partial charge in [0, 0.05) is 18.3 Å². The van der Waals surface area contributed by atoms with E-state index >= 15 is 0 Å². The molecule has 4 rings (SSSR count). The quantitative estimate of drug-likeness (QED) is 0.908. The lowest BCUT2D eigenvalue weighted by Gasteiger charge is -2.36. The summed E-state index contributed by atoms with van der Waals surface area (Å²) in [5.74, 6) is 0.738. The number of rotatable bonds is 2. The van der Waals surface area contributed by atoms with E-state index in [1.807, 2.05) is 23.7 Å². The zero-order valence-electron chi connectivity index (χ0n) is 11.9. The molecule has 2 heterocycles. The molecular formula is C16H19N3OS. The first-order valence-corrected chi connectivity index (χ1v) is 8.60. The Balaban J connectivity index is 1.49. The molecule has 0 spiro atoms. The third kappa shape index (κ3) is 2.39. The zero-order valence-corrected chi connectivity index (χ0v) is 12.7. The normalized spacial score (nSPS) is 22.5. The third-order valence-corrected chi connectivity index (χ3v) is 5.63. The molecule has 2 amide bonds. The van der Waals surface area contributed by atoms with Crippen LogP contribution in [0.1, 0.15) is 32.1 Å². The standard InChI is InChI=1S/C16H19N3OS/c20-16(19-8-2-5-14(19)11-3-1-4-11)18-12-6-7-13-15(9-12)21-10-17-13/h6-7,9-11,14H,1-5,8H2,(H,18,20). The maximum absolute atomic E-state index is 12.5. The van der Waals surface area contributed by atoms with Gasteiger partial charge in [0.2, 0.25) is 0 Å². The molecule has 2 aromatic rings. The molecule has 1 aliphatic heterocycles. The van der Waals surface area contributed by atoms with Crippen molar-refractivity contribution in [3.63, 3.8) is 0 Å². The Morgan fingerprint density at radius 3 is 3.00 bits per heavy atom. The van der Waals surface area contributed by atoms with E-state index in [9.17, 15) is 4.79 Å². The molecule has 4 nitrogen and oxygen atoms in total. The zero-order chi connectivity index (χ0) is 14.2. The summed E-state index contributed by atoms with van der Waals surface area (Å²) in [6, 6.07) is 6.45. The number of amides is 2. The molecule has 0 bridgehead atoms. The number of hydrogen-bond donors (Lipinski definition) is 1. The second-order valence-electron chi connectivity index (χ2n) is 6.06. The summed E-state index contributed by atoms with van der Waals surface area (Å²) in [6.45, 7) is 0.899. The first-order valence-electron chi connectivity index (χ1n) is 7.72. The number of thiazole rings is 1. The average Bonchev–Trinajstić information content (AvgIpc) is 3.04. The van der Waals surface area contributed by atoms with Gasteiger partial charge in [-0.25, -0.2) is 9.78 Å². The van der Waals surface area contributed by atoms with Crippen LogP contribution in [-0.4, -0.2) is 28.5 Å². The van der Waals surface area contributed by atoms with Crippen LogP contribution < -0.4 is 5.32 Å². The van der Waals surface area contributed by atoms with Crippen LogP contribution in [0.3, 0.4) is 0 Å². The molecule has 1 aromatic carbocycles. The Kier molecular flexibility index (Phi) is 3.30. The lowest BCUT2D eigenvalue weighted by molar-refractivity contribution is 0.148. The highest BCUT2D eigenvalue weighted by atomic mass is 32.1. The Bertz CT molecular complexity index is 664. The monoisotopic (exact) mass is 301 g/mol. The van der Waals surface area contributed by atoms with Crippen molar-refractivity contribution in [3.05, 3.63) is 23.7 Å². The number of fused-ring (bicyclic) bond motifs is 1. The predicted octanol–water partition coefficient (Wildman–Crippen LogP) is 4.09. The summed E-state index contributed by atoms with van der Waals surface area (Å²) >= 11 is 1.60. The summed E-state index contributed by atoms with van der Waals surface area (Å²) in [5, 5.41) is 3.06. The molecule has 1 N–H and O–H groups in total. The van der Waals surface area contributed by atoms with Gasteiger partial charge in [0.05, 0.1) is 15.7 Å². The van der Waals surface area contributed by atoms with Crippen LogP contribution in [0.15, 0.2) is 23.7 Å². The first kappa shape index (κ1) is 13.1. The fraction of sp³-hybridized carbons (Fsp3) is 0.500. The third-order valence-electron chi connectivity index (χ3n) is 4.84. The van der Waals surface area contributed by atoms with E-state index in [-0.39, 0.29) is 6.03 Å². The molecule has 1 saturated heterocycles. The molecule has 1 unspecified atom stereocenters. The highest BCUT2D eigenvalue weighted by Crippen LogP contribution is 2.37. The van der Waals surface area contributed by atoms with E-state index in [2.05, 4.69) is 15.2 Å². The smallest absolute Gasteiger partial charge is 0.321 e. The van der Waals surface area contributed by atoms with Crippen molar-refractivity contribution >= 4 is 33.3 Å². The lowest BCUT2D eigenvalue weighted by Crippen LogP contribution is -2.44. The number of nitrogens with zero attached hydrogens (tertiary/aromatic N) is 2. The summed E-state index contributed by atoms with van der Waals surface area (Å²) in [4.78, 5) is 18.9. The fourth-order valence-corrected chi connectivity index (χ4v) is 4.20. The SMILES string of the molecule is O=C(Nc1ccc2ncsc2c1)N1CCCC1C1CCC1. The minimum absolute atomic E-state index is 0.0632. The Labute approximate surface area is 128 Å². The molecule has 1 saturated carbocycles. The maximum Gasteiger partial charge on any atom is 0.322 e. The summed E-state index contributed by atoms with van der Waals surface area (Å²) in [7, 11) is 0. The van der Waals surface area contributed by atoms with Crippen molar-refractivity contribution < 1.29 is 4.79 Å². The number of carbonyl (C=O) groups is 1. The number of anilines is 1. The Morgan fingerprint density at radius 2 is 2.19 bits per heavy atom. The molecule has 1 aliphatic carbocycles. The van der Waals surface area contributed by atoms with Crippen molar-refractivity contribution in [2.45, 2.75) is 38.1 Å². The number of benzene rings is 1. The van der Waals surface area contributed by atoms with Gasteiger partial charge in [-0.05, 0) is 49.8 Å². The van der Waals surface area contributed by atoms with Crippen LogP contribution >= 0.6 is 11.3 Å². The molecule has 1 atom stereocenters. The minimum Gasteiger partial charge on any atom is -0.321 e. The van der Waals surface area contributed by atoms with Gasteiger partial charge in [0.25, 0.3) is 0 Å².